The van der Waals surface area contributed by atoms with Crippen molar-refractivity contribution < 1.29 is 73.4 Å². The summed E-state index contributed by atoms with van der Waals surface area (Å²) in [6, 6.07) is 1.14. The van der Waals surface area contributed by atoms with Gasteiger partial charge in [-0.3, -0.25) is 0 Å². The number of alkyl halides is 9. The first-order valence-electron chi connectivity index (χ1n) is 21.7. The van der Waals surface area contributed by atoms with E-state index < -0.39 is 118 Å². The van der Waals surface area contributed by atoms with E-state index in [1.54, 1.807) is 0 Å². The van der Waals surface area contributed by atoms with Crippen molar-refractivity contribution in [1.29, 1.82) is 0 Å². The first kappa shape index (κ1) is 60.8. The molecule has 3 aliphatic rings. The molecular weight excluding hydrogens is 980 g/mol. The lowest BCUT2D eigenvalue weighted by Crippen LogP contribution is -2.58. The third kappa shape index (κ3) is 25.6. The SMILES string of the molecule is C=C[Si]1(C)CCCCO[Si](C)(C=C)O[Si](C)(C=C)O1.C=C[Si]1(C)OCCCC[Si](C)(C)O1.C[Si]1(CCC(F)(F)F)CCCCO[Si](C)(CCC(F)(F)F)O[Si](C)(CCC(F)(F)F)O1. The van der Waals surface area contributed by atoms with E-state index in [2.05, 4.69) is 52.5 Å². The molecule has 3 rings (SSSR count). The van der Waals surface area contributed by atoms with Gasteiger partial charge in [0.05, 0.1) is 0 Å². The highest BCUT2D eigenvalue weighted by molar-refractivity contribution is 6.92. The maximum atomic E-state index is 12.9. The Hall–Kier alpha value is -0.255. The zero-order chi connectivity index (χ0) is 48.7. The van der Waals surface area contributed by atoms with E-state index in [0.717, 1.165) is 32.1 Å². The molecule has 0 aromatic heterocycles. The fraction of sp³-hybridized carbons (Fsp3) is 0.789. The van der Waals surface area contributed by atoms with Gasteiger partial charge in [-0.15, -0.1) is 26.3 Å². The third-order valence-corrected chi connectivity index (χ3v) is 42.1. The van der Waals surface area contributed by atoms with E-state index >= 15 is 0 Å². The second-order valence-corrected chi connectivity index (χ2v) is 47.7. The Bertz CT molecular complexity index is 1390. The molecule has 0 saturated carbocycles. The van der Waals surface area contributed by atoms with Gasteiger partial charge in [-0.25, -0.2) is 0 Å². The van der Waals surface area contributed by atoms with Crippen LogP contribution < -0.4 is 0 Å². The summed E-state index contributed by atoms with van der Waals surface area (Å²) in [7, 11) is -20.7. The molecule has 3 fully saturated rings. The highest BCUT2D eigenvalue weighted by Gasteiger charge is 2.51. The summed E-state index contributed by atoms with van der Waals surface area (Å²) in [4.78, 5) is 0. The summed E-state index contributed by atoms with van der Waals surface area (Å²) in [6.07, 6.45) is -11.7. The molecule has 3 saturated heterocycles. The fourth-order valence-electron chi connectivity index (χ4n) is 7.32. The molecule has 3 heterocycles. The maximum absolute atomic E-state index is 12.9. The molecule has 7 atom stereocenters. The molecule has 0 bridgehead atoms. The van der Waals surface area contributed by atoms with Crippen LogP contribution in [0.1, 0.15) is 57.8 Å². The van der Waals surface area contributed by atoms with E-state index in [-0.39, 0.29) is 18.7 Å². The fourth-order valence-corrected chi connectivity index (χ4v) is 40.6. The van der Waals surface area contributed by atoms with Crippen molar-refractivity contribution >= 4 is 67.8 Å². The zero-order valence-corrected chi connectivity index (χ0v) is 47.0. The van der Waals surface area contributed by atoms with Crippen LogP contribution in [0.5, 0.6) is 0 Å². The molecule has 63 heavy (non-hydrogen) atoms. The second kappa shape index (κ2) is 24.9. The zero-order valence-electron chi connectivity index (χ0n) is 39.0. The second-order valence-electron chi connectivity index (χ2n) is 18.4. The van der Waals surface area contributed by atoms with Crippen LogP contribution in [0, 0.1) is 0 Å². The Kier molecular flexibility index (Phi) is 24.0. The van der Waals surface area contributed by atoms with Gasteiger partial charge in [-0.05, 0) is 114 Å². The summed E-state index contributed by atoms with van der Waals surface area (Å²) in [5.41, 5.74) is 7.61. The van der Waals surface area contributed by atoms with Crippen molar-refractivity contribution in [1.82, 2.24) is 0 Å². The van der Waals surface area contributed by atoms with Crippen LogP contribution in [0.15, 0.2) is 49.1 Å². The molecular formula is C38H75F9O8Si8. The highest BCUT2D eigenvalue weighted by atomic mass is 28.5. The van der Waals surface area contributed by atoms with Crippen LogP contribution in [-0.2, 0) is 33.9 Å². The van der Waals surface area contributed by atoms with Gasteiger partial charge in [0, 0.05) is 39.1 Å². The van der Waals surface area contributed by atoms with Crippen molar-refractivity contribution in [3.8, 4) is 0 Å². The molecule has 8 nitrogen and oxygen atoms in total. The molecule has 0 aliphatic carbocycles. The Morgan fingerprint density at radius 3 is 1.29 bits per heavy atom. The Morgan fingerprint density at radius 1 is 0.413 bits per heavy atom. The molecule has 25 heteroatoms. The molecule has 370 valence electrons. The van der Waals surface area contributed by atoms with Gasteiger partial charge >= 0.3 is 61.3 Å². The Balaban J connectivity index is 0.000000523. The van der Waals surface area contributed by atoms with Gasteiger partial charge in [0.15, 0.2) is 16.6 Å². The van der Waals surface area contributed by atoms with Crippen LogP contribution in [0.4, 0.5) is 39.5 Å². The molecule has 0 radical (unpaired) electrons. The maximum Gasteiger partial charge on any atom is 0.389 e. The van der Waals surface area contributed by atoms with Crippen molar-refractivity contribution in [3.05, 3.63) is 49.1 Å². The summed E-state index contributed by atoms with van der Waals surface area (Å²) >= 11 is 0. The van der Waals surface area contributed by atoms with Crippen molar-refractivity contribution in [2.45, 2.75) is 172 Å². The van der Waals surface area contributed by atoms with E-state index in [9.17, 15) is 39.5 Å². The quantitative estimate of drug-likeness (QED) is 0.158. The Morgan fingerprint density at radius 2 is 0.825 bits per heavy atom. The summed E-state index contributed by atoms with van der Waals surface area (Å²) < 4.78 is 164. The lowest BCUT2D eigenvalue weighted by atomic mass is 10.4. The molecule has 7 unspecified atom stereocenters. The highest BCUT2D eigenvalue weighted by Crippen LogP contribution is 2.39. The van der Waals surface area contributed by atoms with E-state index in [1.165, 1.54) is 38.5 Å². The summed E-state index contributed by atoms with van der Waals surface area (Å²) in [5.74, 6) is 0. The van der Waals surface area contributed by atoms with Gasteiger partial charge in [0.1, 0.15) is 0 Å². The summed E-state index contributed by atoms with van der Waals surface area (Å²) in [5, 5.41) is 0. The molecule has 0 spiro atoms. The first-order valence-corrected chi connectivity index (χ1v) is 42.5. The molecule has 3 aliphatic heterocycles. The average molecular weight is 1060 g/mol. The van der Waals surface area contributed by atoms with Gasteiger partial charge in [-0.2, -0.15) is 39.5 Å². The number of rotatable bonds is 10. The van der Waals surface area contributed by atoms with Crippen molar-refractivity contribution in [3.63, 3.8) is 0 Å². The predicted octanol–water partition coefficient (Wildman–Crippen LogP) is 13.9. The smallest absolute Gasteiger partial charge is 0.389 e. The van der Waals surface area contributed by atoms with Crippen molar-refractivity contribution in [2.24, 2.45) is 0 Å². The monoisotopic (exact) mass is 1050 g/mol. The summed E-state index contributed by atoms with van der Waals surface area (Å²) in [6.45, 7) is 34.3. The number of halogens is 9. The lowest BCUT2D eigenvalue weighted by Gasteiger charge is -2.44. The molecule has 0 aromatic carbocycles. The normalized spacial score (nSPS) is 35.4. The minimum absolute atomic E-state index is 0.0497. The van der Waals surface area contributed by atoms with Gasteiger partial charge in [0.25, 0.3) is 0 Å². The molecule has 0 N–H and O–H groups in total. The molecule has 0 amide bonds. The van der Waals surface area contributed by atoms with E-state index in [4.69, 9.17) is 33.9 Å². The number of hydrogen-bond donors (Lipinski definition) is 0. The lowest BCUT2D eigenvalue weighted by molar-refractivity contribution is -0.132. The van der Waals surface area contributed by atoms with Crippen LogP contribution in [0.2, 0.25) is 95.2 Å². The van der Waals surface area contributed by atoms with Crippen molar-refractivity contribution in [2.75, 3.05) is 19.8 Å². The molecule has 0 aromatic rings. The first-order chi connectivity index (χ1) is 28.5. The Labute approximate surface area is 380 Å². The average Bonchev–Trinajstić information content (AvgIpc) is 3.14. The topological polar surface area (TPSA) is 73.8 Å². The van der Waals surface area contributed by atoms with Gasteiger partial charge in [-0.1, -0.05) is 42.1 Å². The van der Waals surface area contributed by atoms with E-state index in [0.29, 0.717) is 12.8 Å². The van der Waals surface area contributed by atoms with E-state index in [1.807, 2.05) is 35.9 Å². The standard InChI is InChI=1S/C16H29F9O3Si3.C13H26O3Si3.C9H20O2Si2/c1-29(11-6-14(17,18)19)10-5-4-9-26-30(2,12-7-15(20,21)22)28-31(3,27-29)13-8-16(23,24)25;1-7-17(4)13-11-10-12-14-18(5,8-2)16-19(6,9-3)15-17;1-5-13(4)10-8-6-7-9-12(2,3)11-13/h4-13H2,1-3H3;7-9H,1-3,10-13H2,4-6H3;5H,1,6-9H2,2-4H3. The van der Waals surface area contributed by atoms with Crippen LogP contribution in [0.25, 0.3) is 0 Å². The van der Waals surface area contributed by atoms with Crippen LogP contribution in [0.3, 0.4) is 0 Å². The minimum Gasteiger partial charge on any atom is -0.436 e. The number of hydrogen-bond acceptors (Lipinski definition) is 8. The van der Waals surface area contributed by atoms with Gasteiger partial charge in [0.2, 0.25) is 8.32 Å². The van der Waals surface area contributed by atoms with Crippen LogP contribution in [-0.4, -0.2) is 106 Å². The largest absolute Gasteiger partial charge is 0.436 e. The minimum atomic E-state index is -4.56. The third-order valence-electron chi connectivity index (χ3n) is 10.9. The van der Waals surface area contributed by atoms with Crippen LogP contribution >= 0.6 is 0 Å². The van der Waals surface area contributed by atoms with Gasteiger partial charge < -0.3 is 33.9 Å². The predicted molar refractivity (Wildman–Crippen MR) is 251 cm³/mol.